The Bertz CT molecular complexity index is 2070. The lowest BCUT2D eigenvalue weighted by Gasteiger charge is -2.21. The molecule has 0 aromatic carbocycles. The van der Waals surface area contributed by atoms with Crippen molar-refractivity contribution < 1.29 is 80.2 Å². The standard InChI is InChI=1S/C80H148O17P2/c1-5-9-13-17-21-25-29-33-37-41-45-49-53-57-61-65-78(83)91-71-76(97-80(85)67-63-59-55-51-47-43-39-35-31-27-23-19-15-11-7-3)73-95-99(88,89)93-69-74(81)68-92-98(86,87)94-72-75(70-90-77(82)64-60-56-52-48-44-40-36-32-28-24-20-16-12-8-4)96-79(84)66-62-58-54-50-46-42-38-34-30-26-22-18-14-10-6-2/h32-39,74-76,81H,5-31,40-73H2,1-4H3,(H,86,87)(H,88,89)/t74?,75-,76-/m1/s1. The molecule has 0 aromatic rings. The van der Waals surface area contributed by atoms with E-state index in [0.29, 0.717) is 25.7 Å². The lowest BCUT2D eigenvalue weighted by molar-refractivity contribution is -0.161. The summed E-state index contributed by atoms with van der Waals surface area (Å²) in [6.45, 7) is 4.89. The molecule has 0 heterocycles. The highest BCUT2D eigenvalue weighted by atomic mass is 31.2. The number of esters is 4. The summed E-state index contributed by atoms with van der Waals surface area (Å²) in [5.74, 6) is -2.18. The fourth-order valence-electron chi connectivity index (χ4n) is 11.3. The van der Waals surface area contributed by atoms with Crippen molar-refractivity contribution in [1.82, 2.24) is 0 Å². The van der Waals surface area contributed by atoms with Gasteiger partial charge in [0.1, 0.15) is 19.3 Å². The topological polar surface area (TPSA) is 237 Å². The highest BCUT2D eigenvalue weighted by Gasteiger charge is 2.30. The van der Waals surface area contributed by atoms with Gasteiger partial charge in [-0.1, -0.05) is 275 Å². The molecule has 580 valence electrons. The average molecular weight is 1440 g/mol. The second-order valence-electron chi connectivity index (χ2n) is 27.3. The smallest absolute Gasteiger partial charge is 0.462 e. The van der Waals surface area contributed by atoms with Crippen molar-refractivity contribution in [3.05, 3.63) is 48.6 Å². The first kappa shape index (κ1) is 96.0. The number of aliphatic hydroxyl groups is 1. The zero-order valence-electron chi connectivity index (χ0n) is 63.4. The minimum atomic E-state index is -4.97. The number of hydrogen-bond donors (Lipinski definition) is 3. The molecule has 0 aliphatic rings. The van der Waals surface area contributed by atoms with Crippen LogP contribution in [0.15, 0.2) is 48.6 Å². The first-order valence-corrected chi connectivity index (χ1v) is 43.4. The van der Waals surface area contributed by atoms with Gasteiger partial charge in [-0.2, -0.15) is 0 Å². The fraction of sp³-hybridized carbons (Fsp3) is 0.850. The number of phosphoric ester groups is 2. The van der Waals surface area contributed by atoms with Gasteiger partial charge < -0.3 is 33.8 Å². The molecule has 19 heteroatoms. The predicted molar refractivity (Wildman–Crippen MR) is 404 cm³/mol. The summed E-state index contributed by atoms with van der Waals surface area (Å²) in [4.78, 5) is 73.0. The molecule has 3 unspecified atom stereocenters. The second kappa shape index (κ2) is 73.3. The summed E-state index contributed by atoms with van der Waals surface area (Å²) in [5.41, 5.74) is 0. The highest BCUT2D eigenvalue weighted by molar-refractivity contribution is 7.47. The van der Waals surface area contributed by atoms with Crippen LogP contribution in [0.1, 0.15) is 381 Å². The number of unbranched alkanes of at least 4 members (excludes halogenated alkanes) is 43. The largest absolute Gasteiger partial charge is 0.472 e. The fourth-order valence-corrected chi connectivity index (χ4v) is 12.8. The van der Waals surface area contributed by atoms with Gasteiger partial charge in [-0.15, -0.1) is 0 Å². The van der Waals surface area contributed by atoms with Gasteiger partial charge in [0.05, 0.1) is 26.4 Å². The number of phosphoric acid groups is 2. The molecule has 0 radical (unpaired) electrons. The van der Waals surface area contributed by atoms with E-state index < -0.39 is 97.5 Å². The van der Waals surface area contributed by atoms with Crippen molar-refractivity contribution >= 4 is 39.5 Å². The molecule has 0 fully saturated rings. The Labute approximate surface area is 604 Å². The van der Waals surface area contributed by atoms with Gasteiger partial charge in [0.15, 0.2) is 12.2 Å². The molecular weight excluding hydrogens is 1290 g/mol. The number of ether oxygens (including phenoxy) is 4. The molecular formula is C80H148O17P2. The van der Waals surface area contributed by atoms with Crippen molar-refractivity contribution in [1.29, 1.82) is 0 Å². The molecule has 0 rings (SSSR count). The van der Waals surface area contributed by atoms with Crippen LogP contribution in [0.3, 0.4) is 0 Å². The minimum Gasteiger partial charge on any atom is -0.462 e. The highest BCUT2D eigenvalue weighted by Crippen LogP contribution is 2.45. The monoisotopic (exact) mass is 1440 g/mol. The quantitative estimate of drug-likeness (QED) is 0.0169. The van der Waals surface area contributed by atoms with Gasteiger partial charge in [0, 0.05) is 25.7 Å². The van der Waals surface area contributed by atoms with Gasteiger partial charge in [-0.25, -0.2) is 9.13 Å². The normalized spacial score (nSPS) is 14.1. The molecule has 0 aromatic heterocycles. The molecule has 5 atom stereocenters. The zero-order chi connectivity index (χ0) is 72.5. The third kappa shape index (κ3) is 73.1. The SMILES string of the molecule is CCCCCCCC=CCCCCCCCC(=O)OC[C@H](COP(=O)(O)OCC(O)COP(=O)(O)OC[C@@H](COC(=O)CCCCCCCC=CCCCCCCCC)OC(=O)CCCCCCCC=CCCCCCCCC)OC(=O)CCCCCCCC=CCCCCCCCC. The molecule has 99 heavy (non-hydrogen) atoms. The predicted octanol–water partition coefficient (Wildman–Crippen LogP) is 23.3. The molecule has 0 saturated heterocycles. The summed E-state index contributed by atoms with van der Waals surface area (Å²) in [6.07, 6.45) is 70.8. The molecule has 0 spiro atoms. The van der Waals surface area contributed by atoms with Crippen molar-refractivity contribution in [3.8, 4) is 0 Å². The van der Waals surface area contributed by atoms with Crippen molar-refractivity contribution in [3.63, 3.8) is 0 Å². The van der Waals surface area contributed by atoms with E-state index in [1.807, 2.05) is 0 Å². The van der Waals surface area contributed by atoms with E-state index in [2.05, 4.69) is 76.3 Å². The lowest BCUT2D eigenvalue weighted by atomic mass is 10.1. The molecule has 0 aliphatic carbocycles. The second-order valence-corrected chi connectivity index (χ2v) is 30.3. The van der Waals surface area contributed by atoms with Gasteiger partial charge in [-0.05, 0) is 128 Å². The van der Waals surface area contributed by atoms with Crippen LogP contribution in [0, 0.1) is 0 Å². The number of carbonyl (C=O) groups is 4. The Morgan fingerprint density at radius 2 is 0.465 bits per heavy atom. The van der Waals surface area contributed by atoms with Crippen LogP contribution in [-0.2, 0) is 65.4 Å². The Morgan fingerprint density at radius 3 is 0.697 bits per heavy atom. The first-order chi connectivity index (χ1) is 48.2. The van der Waals surface area contributed by atoms with Gasteiger partial charge >= 0.3 is 39.5 Å². The molecule has 0 bridgehead atoms. The maximum Gasteiger partial charge on any atom is 0.472 e. The van der Waals surface area contributed by atoms with Crippen LogP contribution in [0.4, 0.5) is 0 Å². The first-order valence-electron chi connectivity index (χ1n) is 40.4. The van der Waals surface area contributed by atoms with Gasteiger partial charge in [0.2, 0.25) is 0 Å². The van der Waals surface area contributed by atoms with E-state index in [1.54, 1.807) is 0 Å². The molecule has 0 aliphatic heterocycles. The van der Waals surface area contributed by atoms with E-state index in [-0.39, 0.29) is 25.7 Å². The zero-order valence-corrected chi connectivity index (χ0v) is 65.2. The maximum absolute atomic E-state index is 13.1. The van der Waals surface area contributed by atoms with Crippen LogP contribution in [0.2, 0.25) is 0 Å². The summed E-state index contributed by atoms with van der Waals surface area (Å²) in [7, 11) is -9.94. The summed E-state index contributed by atoms with van der Waals surface area (Å²) >= 11 is 0. The van der Waals surface area contributed by atoms with E-state index in [0.717, 1.165) is 154 Å². The van der Waals surface area contributed by atoms with Gasteiger partial charge in [0.25, 0.3) is 0 Å². The van der Waals surface area contributed by atoms with Crippen LogP contribution in [0.25, 0.3) is 0 Å². The third-order valence-corrected chi connectivity index (χ3v) is 19.4. The number of hydrogen-bond acceptors (Lipinski definition) is 15. The van der Waals surface area contributed by atoms with E-state index in [4.69, 9.17) is 37.0 Å². The summed E-state index contributed by atoms with van der Waals surface area (Å²) < 4.78 is 68.6. The van der Waals surface area contributed by atoms with Gasteiger partial charge in [-0.3, -0.25) is 37.3 Å². The van der Waals surface area contributed by atoms with Crippen molar-refractivity contribution in [2.24, 2.45) is 0 Å². The maximum atomic E-state index is 13.1. The van der Waals surface area contributed by atoms with Crippen molar-refractivity contribution in [2.45, 2.75) is 399 Å². The van der Waals surface area contributed by atoms with E-state index in [9.17, 15) is 43.2 Å². The Morgan fingerprint density at radius 1 is 0.273 bits per heavy atom. The van der Waals surface area contributed by atoms with Crippen LogP contribution < -0.4 is 0 Å². The summed E-state index contributed by atoms with van der Waals surface area (Å²) in [5, 5.41) is 10.6. The number of carbonyl (C=O) groups excluding carboxylic acids is 4. The Kier molecular flexibility index (Phi) is 71.1. The van der Waals surface area contributed by atoms with E-state index >= 15 is 0 Å². The molecule has 0 amide bonds. The molecule has 17 nitrogen and oxygen atoms in total. The third-order valence-electron chi connectivity index (χ3n) is 17.5. The summed E-state index contributed by atoms with van der Waals surface area (Å²) in [6, 6.07) is 0. The van der Waals surface area contributed by atoms with Crippen LogP contribution in [0.5, 0.6) is 0 Å². The lowest BCUT2D eigenvalue weighted by Crippen LogP contribution is -2.30. The molecule has 3 N–H and O–H groups in total. The number of rotatable bonds is 77. The average Bonchev–Trinajstić information content (AvgIpc) is 0.983. The van der Waals surface area contributed by atoms with Crippen LogP contribution >= 0.6 is 15.6 Å². The van der Waals surface area contributed by atoms with Crippen molar-refractivity contribution in [2.75, 3.05) is 39.6 Å². The Balaban J connectivity index is 5.34. The minimum absolute atomic E-state index is 0.0883. The number of allylic oxidation sites excluding steroid dienone is 8. The molecule has 0 saturated carbocycles. The number of aliphatic hydroxyl groups excluding tert-OH is 1. The van der Waals surface area contributed by atoms with Crippen LogP contribution in [-0.4, -0.2) is 96.7 Å². The Hall–Kier alpha value is -2.98. The van der Waals surface area contributed by atoms with E-state index in [1.165, 1.54) is 148 Å².